The lowest BCUT2D eigenvalue weighted by Crippen LogP contribution is -2.28. The third-order valence-corrected chi connectivity index (χ3v) is 4.14. The van der Waals surface area contributed by atoms with Crippen LogP contribution in [0.25, 0.3) is 28.0 Å². The number of thiocarbonyl (C=S) groups is 1. The highest BCUT2D eigenvalue weighted by molar-refractivity contribution is 7.80. The second-order valence-corrected chi connectivity index (χ2v) is 6.33. The normalized spacial score (nSPS) is 10.9. The number of hydrogen-bond acceptors (Lipinski definition) is 4. The Kier molecular flexibility index (Phi) is 4.06. The van der Waals surface area contributed by atoms with Gasteiger partial charge in [-0.2, -0.15) is 10.2 Å². The van der Waals surface area contributed by atoms with Gasteiger partial charge in [-0.3, -0.25) is 4.79 Å². The Morgan fingerprint density at radius 3 is 2.54 bits per heavy atom. The predicted molar refractivity (Wildman–Crippen MR) is 105 cm³/mol. The molecule has 0 saturated carbocycles. The molecule has 3 heterocycles. The molecule has 0 aliphatic carbocycles. The highest BCUT2D eigenvalue weighted by Gasteiger charge is 2.18. The van der Waals surface area contributed by atoms with Gasteiger partial charge in [0.1, 0.15) is 5.69 Å². The summed E-state index contributed by atoms with van der Waals surface area (Å²) in [6.07, 6.45) is 1.89. The van der Waals surface area contributed by atoms with E-state index in [4.69, 9.17) is 23.1 Å². The van der Waals surface area contributed by atoms with Gasteiger partial charge >= 0.3 is 0 Å². The topological polar surface area (TPSA) is 78.2 Å². The molecule has 0 atom stereocenters. The Hall–Kier alpha value is -3.32. The third-order valence-electron chi connectivity index (χ3n) is 4.02. The van der Waals surface area contributed by atoms with Crippen LogP contribution in [0, 0.1) is 0 Å². The Morgan fingerprint density at radius 1 is 1.00 bits per heavy atom. The van der Waals surface area contributed by atoms with Crippen LogP contribution in [0.3, 0.4) is 0 Å². The third kappa shape index (κ3) is 2.89. The van der Waals surface area contributed by atoms with E-state index in [1.54, 1.807) is 6.07 Å². The number of pyridine rings is 1. The van der Waals surface area contributed by atoms with Gasteiger partial charge in [0.25, 0.3) is 5.56 Å². The lowest BCUT2D eigenvalue weighted by Gasteiger charge is -2.07. The predicted octanol–water partition coefficient (Wildman–Crippen LogP) is 2.51. The van der Waals surface area contributed by atoms with Crippen molar-refractivity contribution in [2.45, 2.75) is 6.54 Å². The number of benzene rings is 1. The zero-order chi connectivity index (χ0) is 18.1. The molecule has 0 amide bonds. The van der Waals surface area contributed by atoms with Gasteiger partial charge in [-0.15, -0.1) is 0 Å². The van der Waals surface area contributed by atoms with Crippen molar-refractivity contribution >= 4 is 22.7 Å². The number of hydrogen-bond donors (Lipinski definition) is 1. The number of rotatable bonds is 4. The molecule has 4 rings (SSSR count). The van der Waals surface area contributed by atoms with Crippen LogP contribution >= 0.6 is 12.2 Å². The average Bonchev–Trinajstić information content (AvgIpc) is 3.03. The Labute approximate surface area is 154 Å². The summed E-state index contributed by atoms with van der Waals surface area (Å²) in [6.45, 7) is 0.0991. The van der Waals surface area contributed by atoms with E-state index in [0.29, 0.717) is 5.69 Å². The maximum atomic E-state index is 12.1. The maximum Gasteiger partial charge on any atom is 0.267 e. The van der Waals surface area contributed by atoms with Crippen molar-refractivity contribution < 1.29 is 0 Å². The molecule has 0 fully saturated rings. The van der Waals surface area contributed by atoms with E-state index < -0.39 is 0 Å². The van der Waals surface area contributed by atoms with Gasteiger partial charge in [0.15, 0.2) is 0 Å². The smallest absolute Gasteiger partial charge is 0.267 e. The number of nitrogens with two attached hydrogens (primary N) is 1. The molecule has 128 valence electrons. The van der Waals surface area contributed by atoms with Crippen LogP contribution in [-0.2, 0) is 6.54 Å². The molecule has 7 heteroatoms. The molecule has 2 N–H and O–H groups in total. The molecule has 1 aromatic carbocycles. The van der Waals surface area contributed by atoms with Crippen LogP contribution in [0.5, 0.6) is 0 Å². The van der Waals surface area contributed by atoms with Gasteiger partial charge in [-0.1, -0.05) is 48.6 Å². The summed E-state index contributed by atoms with van der Waals surface area (Å²) >= 11 is 4.92. The first kappa shape index (κ1) is 16.2. The van der Waals surface area contributed by atoms with E-state index in [-0.39, 0.29) is 17.1 Å². The van der Waals surface area contributed by atoms with E-state index in [2.05, 4.69) is 5.10 Å². The maximum absolute atomic E-state index is 12.1. The molecule has 0 aliphatic heterocycles. The lowest BCUT2D eigenvalue weighted by atomic mass is 10.0. The zero-order valence-electron chi connectivity index (χ0n) is 13.7. The van der Waals surface area contributed by atoms with Crippen molar-refractivity contribution in [1.82, 2.24) is 19.4 Å². The van der Waals surface area contributed by atoms with Gasteiger partial charge < -0.3 is 5.73 Å². The minimum absolute atomic E-state index is 0.0991. The van der Waals surface area contributed by atoms with E-state index in [1.807, 2.05) is 59.2 Å². The first-order valence-corrected chi connectivity index (χ1v) is 8.44. The van der Waals surface area contributed by atoms with Crippen LogP contribution in [0.4, 0.5) is 0 Å². The lowest BCUT2D eigenvalue weighted by molar-refractivity contribution is 0.676. The second-order valence-electron chi connectivity index (χ2n) is 5.80. The van der Waals surface area contributed by atoms with Crippen molar-refractivity contribution in [2.24, 2.45) is 5.73 Å². The van der Waals surface area contributed by atoms with Crippen LogP contribution in [0.2, 0.25) is 0 Å². The molecule has 0 spiro atoms. The van der Waals surface area contributed by atoms with Crippen molar-refractivity contribution in [1.29, 1.82) is 0 Å². The SMILES string of the molecule is NC(=S)Cn1nc(-c2c(-c3ccccc3)nn3ccccc23)ccc1=O. The van der Waals surface area contributed by atoms with Crippen molar-refractivity contribution in [2.75, 3.05) is 0 Å². The standard InChI is InChI=1S/C19H15N5OS/c20-16(26)12-24-17(25)10-9-14(21-24)18-15-8-4-5-11-23(15)22-19(18)13-6-2-1-3-7-13/h1-11H,12H2,(H2,20,26). The summed E-state index contributed by atoms with van der Waals surface area (Å²) in [5.74, 6) is 0. The van der Waals surface area contributed by atoms with Crippen molar-refractivity contribution in [3.05, 3.63) is 77.2 Å². The van der Waals surface area contributed by atoms with Crippen LogP contribution in [0.15, 0.2) is 71.7 Å². The Morgan fingerprint density at radius 2 is 1.77 bits per heavy atom. The molecular weight excluding hydrogens is 346 g/mol. The summed E-state index contributed by atoms with van der Waals surface area (Å²) in [5.41, 5.74) is 9.50. The summed E-state index contributed by atoms with van der Waals surface area (Å²) < 4.78 is 3.08. The monoisotopic (exact) mass is 361 g/mol. The molecule has 26 heavy (non-hydrogen) atoms. The largest absolute Gasteiger partial charge is 0.392 e. The molecule has 6 nitrogen and oxygen atoms in total. The first-order valence-electron chi connectivity index (χ1n) is 8.03. The molecule has 0 aliphatic rings. The fourth-order valence-corrected chi connectivity index (χ4v) is 3.01. The van der Waals surface area contributed by atoms with E-state index in [1.165, 1.54) is 10.7 Å². The Bertz CT molecular complexity index is 1160. The summed E-state index contributed by atoms with van der Waals surface area (Å²) in [7, 11) is 0. The fourth-order valence-electron chi connectivity index (χ4n) is 2.89. The number of nitrogens with zero attached hydrogens (tertiary/aromatic N) is 4. The van der Waals surface area contributed by atoms with Gasteiger partial charge in [-0.05, 0) is 18.2 Å². The molecule has 0 radical (unpaired) electrons. The summed E-state index contributed by atoms with van der Waals surface area (Å²) in [4.78, 5) is 12.3. The molecule has 3 aromatic heterocycles. The van der Waals surface area contributed by atoms with Gasteiger partial charge in [0, 0.05) is 17.8 Å². The van der Waals surface area contributed by atoms with Crippen molar-refractivity contribution in [3.8, 4) is 22.5 Å². The summed E-state index contributed by atoms with van der Waals surface area (Å²) in [5, 5.41) is 9.19. The zero-order valence-corrected chi connectivity index (χ0v) is 14.6. The highest BCUT2D eigenvalue weighted by atomic mass is 32.1. The molecule has 0 saturated heterocycles. The van der Waals surface area contributed by atoms with Crippen LogP contribution in [0.1, 0.15) is 0 Å². The molecule has 4 aromatic rings. The van der Waals surface area contributed by atoms with E-state index in [9.17, 15) is 4.79 Å². The Balaban J connectivity index is 1.99. The minimum atomic E-state index is -0.251. The van der Waals surface area contributed by atoms with Crippen molar-refractivity contribution in [3.63, 3.8) is 0 Å². The molecule has 0 unspecified atom stereocenters. The van der Waals surface area contributed by atoms with Crippen LogP contribution < -0.4 is 11.3 Å². The highest BCUT2D eigenvalue weighted by Crippen LogP contribution is 2.33. The van der Waals surface area contributed by atoms with E-state index >= 15 is 0 Å². The quantitative estimate of drug-likeness (QED) is 0.565. The second kappa shape index (κ2) is 6.53. The number of fused-ring (bicyclic) bond motifs is 1. The molecular formula is C19H15N5OS. The van der Waals surface area contributed by atoms with Gasteiger partial charge in [0.05, 0.1) is 28.3 Å². The fraction of sp³-hybridized carbons (Fsp3) is 0.0526. The minimum Gasteiger partial charge on any atom is -0.392 e. The molecule has 0 bridgehead atoms. The summed E-state index contributed by atoms with van der Waals surface area (Å²) in [6, 6.07) is 18.9. The van der Waals surface area contributed by atoms with E-state index in [0.717, 1.165) is 22.3 Å². The van der Waals surface area contributed by atoms with Crippen LogP contribution in [-0.4, -0.2) is 24.4 Å². The average molecular weight is 361 g/mol. The number of aromatic nitrogens is 4. The van der Waals surface area contributed by atoms with Gasteiger partial charge in [0.2, 0.25) is 0 Å². The van der Waals surface area contributed by atoms with Gasteiger partial charge in [-0.25, -0.2) is 9.20 Å². The first-order chi connectivity index (χ1) is 12.6.